The van der Waals surface area contributed by atoms with Gasteiger partial charge in [-0.25, -0.2) is 13.2 Å². The maximum atomic E-state index is 12.0. The van der Waals surface area contributed by atoms with E-state index < -0.39 is 33.5 Å². The van der Waals surface area contributed by atoms with Gasteiger partial charge in [0, 0.05) is 10.5 Å². The summed E-state index contributed by atoms with van der Waals surface area (Å²) in [6.45, 7) is 1.14. The van der Waals surface area contributed by atoms with E-state index in [2.05, 4.69) is 27.9 Å². The topological polar surface area (TPSA) is 101 Å². The molecule has 0 heterocycles. The predicted molar refractivity (Wildman–Crippen MR) is 81.9 cm³/mol. The molecule has 110 valence electrons. The fraction of sp³-hybridized carbons (Fsp3) is 0.333. The number of carbonyl (C=O) groups is 2. The van der Waals surface area contributed by atoms with Crippen LogP contribution in [0.25, 0.3) is 0 Å². The van der Waals surface area contributed by atoms with Gasteiger partial charge < -0.3 is 10.4 Å². The molecule has 0 radical (unpaired) electrons. The molecule has 1 rings (SSSR count). The highest BCUT2D eigenvalue weighted by Gasteiger charge is 2.26. The Bertz CT molecular complexity index is 597. The molecule has 0 aliphatic heterocycles. The summed E-state index contributed by atoms with van der Waals surface area (Å²) in [5.41, 5.74) is 0.581. The van der Waals surface area contributed by atoms with Crippen molar-refractivity contribution in [1.29, 1.82) is 0 Å². The van der Waals surface area contributed by atoms with Crippen molar-refractivity contribution < 1.29 is 23.1 Å². The van der Waals surface area contributed by atoms with Gasteiger partial charge in [-0.3, -0.25) is 4.79 Å². The molecule has 0 aromatic heterocycles. The Labute approximate surface area is 130 Å². The van der Waals surface area contributed by atoms with E-state index in [-0.39, 0.29) is 5.75 Å². The quantitative estimate of drug-likeness (QED) is 0.675. The number of rotatable bonds is 6. The van der Waals surface area contributed by atoms with Gasteiger partial charge in [-0.2, -0.15) is 0 Å². The molecule has 2 N–H and O–H groups in total. The van der Waals surface area contributed by atoms with Crippen LogP contribution in [0, 0.1) is 3.57 Å². The van der Waals surface area contributed by atoms with Crippen molar-refractivity contribution in [3.8, 4) is 0 Å². The molecule has 1 amide bonds. The maximum absolute atomic E-state index is 12.0. The zero-order valence-corrected chi connectivity index (χ0v) is 13.6. The normalized spacial score (nSPS) is 12.7. The summed E-state index contributed by atoms with van der Waals surface area (Å²) >= 11 is 2.10. The highest BCUT2D eigenvalue weighted by atomic mass is 127. The Balaban J connectivity index is 2.79. The molecule has 0 spiro atoms. The van der Waals surface area contributed by atoms with Crippen LogP contribution in [-0.2, 0) is 25.2 Å². The highest BCUT2D eigenvalue weighted by Crippen LogP contribution is 2.11. The Kier molecular flexibility index (Phi) is 5.93. The highest BCUT2D eigenvalue weighted by molar-refractivity contribution is 14.1. The summed E-state index contributed by atoms with van der Waals surface area (Å²) in [6.07, 6.45) is 0. The molecule has 0 bridgehead atoms. The molecule has 20 heavy (non-hydrogen) atoms. The third-order valence-electron chi connectivity index (χ3n) is 2.40. The van der Waals surface area contributed by atoms with Crippen molar-refractivity contribution >= 4 is 44.3 Å². The van der Waals surface area contributed by atoms with Crippen molar-refractivity contribution in [3.63, 3.8) is 0 Å². The van der Waals surface area contributed by atoms with Crippen LogP contribution in [-0.4, -0.2) is 37.2 Å². The minimum atomic E-state index is -3.64. The third-order valence-corrected chi connectivity index (χ3v) is 4.73. The number of amides is 1. The van der Waals surface area contributed by atoms with Crippen LogP contribution < -0.4 is 5.32 Å². The molecule has 0 aliphatic carbocycles. The van der Waals surface area contributed by atoms with Gasteiger partial charge in [0.25, 0.3) is 0 Å². The number of sulfone groups is 1. The van der Waals surface area contributed by atoms with Gasteiger partial charge in [-0.05, 0) is 40.3 Å². The lowest BCUT2D eigenvalue weighted by Gasteiger charge is -2.13. The summed E-state index contributed by atoms with van der Waals surface area (Å²) in [5.74, 6) is -2.84. The molecule has 8 heteroatoms. The molecular formula is C12H14INO5S. The van der Waals surface area contributed by atoms with Gasteiger partial charge in [0.1, 0.15) is 6.04 Å². The van der Waals surface area contributed by atoms with Crippen LogP contribution in [0.1, 0.15) is 12.5 Å². The summed E-state index contributed by atoms with van der Waals surface area (Å²) < 4.78 is 24.9. The van der Waals surface area contributed by atoms with Crippen molar-refractivity contribution in [1.82, 2.24) is 5.32 Å². The molecule has 0 unspecified atom stereocenters. The molecule has 0 saturated heterocycles. The fourth-order valence-electron chi connectivity index (χ4n) is 1.57. The van der Waals surface area contributed by atoms with Crippen LogP contribution >= 0.6 is 22.6 Å². The fourth-order valence-corrected chi connectivity index (χ4v) is 3.48. The number of aliphatic carboxylic acids is 1. The van der Waals surface area contributed by atoms with Crippen molar-refractivity contribution in [2.24, 2.45) is 0 Å². The monoisotopic (exact) mass is 411 g/mol. The van der Waals surface area contributed by atoms with E-state index in [1.807, 2.05) is 0 Å². The summed E-state index contributed by atoms with van der Waals surface area (Å²) in [7, 11) is -3.64. The van der Waals surface area contributed by atoms with Crippen molar-refractivity contribution in [3.05, 3.63) is 33.4 Å². The van der Waals surface area contributed by atoms with Crippen LogP contribution in [0.5, 0.6) is 0 Å². The lowest BCUT2D eigenvalue weighted by atomic mass is 10.2. The van der Waals surface area contributed by atoms with Crippen LogP contribution in [0.2, 0.25) is 0 Å². The average molecular weight is 411 g/mol. The second kappa shape index (κ2) is 7.02. The van der Waals surface area contributed by atoms with E-state index in [4.69, 9.17) is 5.11 Å². The number of hydrogen-bond acceptors (Lipinski definition) is 4. The molecule has 1 atom stereocenters. The van der Waals surface area contributed by atoms with Gasteiger partial charge in [-0.15, -0.1) is 0 Å². The molecule has 1 aromatic rings. The zero-order valence-electron chi connectivity index (χ0n) is 10.7. The minimum Gasteiger partial charge on any atom is -0.480 e. The first-order valence-corrected chi connectivity index (χ1v) is 8.54. The molecule has 0 saturated carbocycles. The molecule has 0 fully saturated rings. The lowest BCUT2D eigenvalue weighted by molar-refractivity contribution is -0.140. The van der Waals surface area contributed by atoms with E-state index in [1.54, 1.807) is 24.3 Å². The summed E-state index contributed by atoms with van der Waals surface area (Å²) in [4.78, 5) is 21.8. The second-order valence-electron chi connectivity index (χ2n) is 4.27. The Morgan fingerprint density at radius 3 is 2.30 bits per heavy atom. The number of carboxylic acids is 1. The van der Waals surface area contributed by atoms with E-state index in [0.29, 0.717) is 5.56 Å². The van der Waals surface area contributed by atoms with E-state index in [9.17, 15) is 18.0 Å². The first kappa shape index (κ1) is 16.9. The smallest absolute Gasteiger partial charge is 0.327 e. The van der Waals surface area contributed by atoms with Crippen molar-refractivity contribution in [2.45, 2.75) is 18.7 Å². The van der Waals surface area contributed by atoms with Gasteiger partial charge in [0.15, 0.2) is 9.84 Å². The van der Waals surface area contributed by atoms with Gasteiger partial charge in [0.05, 0.1) is 11.5 Å². The van der Waals surface area contributed by atoms with Crippen LogP contribution in [0.15, 0.2) is 24.3 Å². The number of carboxylic acid groups (broad SMARTS) is 1. The number of nitrogens with one attached hydrogen (secondary N) is 1. The van der Waals surface area contributed by atoms with Gasteiger partial charge in [0.2, 0.25) is 5.91 Å². The molecular weight excluding hydrogens is 397 g/mol. The molecule has 6 nitrogen and oxygen atoms in total. The molecule has 1 aromatic carbocycles. The number of hydrogen-bond donors (Lipinski definition) is 2. The zero-order chi connectivity index (χ0) is 15.3. The predicted octanol–water partition coefficient (Wildman–Crippen LogP) is 0.795. The Morgan fingerprint density at radius 1 is 1.30 bits per heavy atom. The van der Waals surface area contributed by atoms with Gasteiger partial charge in [-0.1, -0.05) is 12.1 Å². The van der Waals surface area contributed by atoms with E-state index in [1.165, 1.54) is 0 Å². The lowest BCUT2D eigenvalue weighted by Crippen LogP contribution is -2.44. The minimum absolute atomic E-state index is 0.257. The summed E-state index contributed by atoms with van der Waals surface area (Å²) in [5, 5.41) is 11.0. The van der Waals surface area contributed by atoms with Crippen LogP contribution in [0.3, 0.4) is 0 Å². The van der Waals surface area contributed by atoms with Crippen molar-refractivity contribution in [2.75, 3.05) is 5.75 Å². The number of benzene rings is 1. The standard InChI is InChI=1S/C12H14INO5S/c1-8(15)14-11(12(16)17)7-20(18,19)6-9-2-4-10(13)5-3-9/h2-5,11H,6-7H2,1H3,(H,14,15)(H,16,17)/t11-/m0/s1. The van der Waals surface area contributed by atoms with Gasteiger partial charge >= 0.3 is 5.97 Å². The first-order chi connectivity index (χ1) is 9.19. The van der Waals surface area contributed by atoms with Crippen LogP contribution in [0.4, 0.5) is 0 Å². The third kappa shape index (κ3) is 5.87. The number of carbonyl (C=O) groups excluding carboxylic acids is 1. The maximum Gasteiger partial charge on any atom is 0.327 e. The van der Waals surface area contributed by atoms with E-state index >= 15 is 0 Å². The van der Waals surface area contributed by atoms with E-state index in [0.717, 1.165) is 10.5 Å². The summed E-state index contributed by atoms with van der Waals surface area (Å²) in [6, 6.07) is 5.46. The largest absolute Gasteiger partial charge is 0.480 e. The second-order valence-corrected chi connectivity index (χ2v) is 7.63. The average Bonchev–Trinajstić information content (AvgIpc) is 2.30. The first-order valence-electron chi connectivity index (χ1n) is 5.64. The Hall–Kier alpha value is -1.16. The Morgan fingerprint density at radius 2 is 1.85 bits per heavy atom. The SMILES string of the molecule is CC(=O)N[C@@H](CS(=O)(=O)Cc1ccc(I)cc1)C(=O)O. The number of halogens is 1. The molecule has 0 aliphatic rings.